The highest BCUT2D eigenvalue weighted by molar-refractivity contribution is 7.98. The molecule has 0 unspecified atom stereocenters. The Labute approximate surface area is 159 Å². The van der Waals surface area contributed by atoms with E-state index in [-0.39, 0.29) is 5.91 Å². The number of amides is 1. The van der Waals surface area contributed by atoms with E-state index < -0.39 is 5.97 Å². The first-order valence-electron chi connectivity index (χ1n) is 8.01. The molecular weight excluding hydrogens is 366 g/mol. The third kappa shape index (κ3) is 3.02. The number of nitrogens with one attached hydrogen (secondary N) is 1. The van der Waals surface area contributed by atoms with Crippen LogP contribution in [0, 0.1) is 0 Å². The number of fused-ring (bicyclic) bond motifs is 3. The number of carbonyl (C=O) groups excluding carboxylic acids is 2. The van der Waals surface area contributed by atoms with E-state index >= 15 is 0 Å². The van der Waals surface area contributed by atoms with Gasteiger partial charge in [0.1, 0.15) is 0 Å². The molecule has 0 atom stereocenters. The molecule has 3 aromatic rings. The van der Waals surface area contributed by atoms with Gasteiger partial charge >= 0.3 is 5.97 Å². The van der Waals surface area contributed by atoms with Gasteiger partial charge in [-0.15, -0.1) is 23.1 Å². The molecule has 1 aromatic heterocycles. The highest BCUT2D eigenvalue weighted by Crippen LogP contribution is 2.45. The Morgan fingerprint density at radius 3 is 2.69 bits per heavy atom. The van der Waals surface area contributed by atoms with Crippen LogP contribution in [0.15, 0.2) is 59.5 Å². The minimum absolute atomic E-state index is 0.219. The normalized spacial score (nSPS) is 12.0. The van der Waals surface area contributed by atoms with Crippen LogP contribution >= 0.6 is 23.1 Å². The van der Waals surface area contributed by atoms with Crippen molar-refractivity contribution >= 4 is 40.7 Å². The van der Waals surface area contributed by atoms with Crippen LogP contribution in [0.5, 0.6) is 0 Å². The number of methoxy groups -OCH3 is 1. The Hall–Kier alpha value is -2.57. The van der Waals surface area contributed by atoms with E-state index in [1.165, 1.54) is 34.5 Å². The number of thioether (sulfide) groups is 1. The summed E-state index contributed by atoms with van der Waals surface area (Å²) in [5, 5.41) is 2.84. The molecule has 0 bridgehead atoms. The SMILES string of the molecule is COC(=O)c1ccccc1NC(=O)c1cc2c(s1)-c1ccccc1SC2. The zero-order valence-electron chi connectivity index (χ0n) is 13.9. The molecule has 1 aliphatic heterocycles. The fraction of sp³-hybridized carbons (Fsp3) is 0.100. The summed E-state index contributed by atoms with van der Waals surface area (Å²) in [5.41, 5.74) is 3.14. The summed E-state index contributed by atoms with van der Waals surface area (Å²) in [6.07, 6.45) is 0. The van der Waals surface area contributed by atoms with Crippen molar-refractivity contribution in [2.24, 2.45) is 0 Å². The fourth-order valence-corrected chi connectivity index (χ4v) is 5.19. The van der Waals surface area contributed by atoms with Crippen molar-refractivity contribution in [1.29, 1.82) is 0 Å². The van der Waals surface area contributed by atoms with E-state index in [0.29, 0.717) is 16.1 Å². The highest BCUT2D eigenvalue weighted by Gasteiger charge is 2.22. The molecule has 2 heterocycles. The third-order valence-electron chi connectivity index (χ3n) is 4.13. The number of carbonyl (C=O) groups is 2. The van der Waals surface area contributed by atoms with Crippen molar-refractivity contribution in [3.8, 4) is 10.4 Å². The lowest BCUT2D eigenvalue weighted by molar-refractivity contribution is 0.0602. The summed E-state index contributed by atoms with van der Waals surface area (Å²) < 4.78 is 4.78. The van der Waals surface area contributed by atoms with Gasteiger partial charge in [0.25, 0.3) is 5.91 Å². The lowest BCUT2D eigenvalue weighted by Crippen LogP contribution is -2.14. The van der Waals surface area contributed by atoms with Gasteiger partial charge in [-0.05, 0) is 29.8 Å². The maximum Gasteiger partial charge on any atom is 0.339 e. The van der Waals surface area contributed by atoms with Crippen molar-refractivity contribution in [2.75, 3.05) is 12.4 Å². The number of hydrogen-bond donors (Lipinski definition) is 1. The molecule has 0 fully saturated rings. The number of ether oxygens (including phenoxy) is 1. The molecule has 1 amide bonds. The zero-order valence-corrected chi connectivity index (χ0v) is 15.6. The Morgan fingerprint density at radius 1 is 1.08 bits per heavy atom. The van der Waals surface area contributed by atoms with E-state index in [0.717, 1.165) is 10.6 Å². The maximum atomic E-state index is 12.7. The molecule has 6 heteroatoms. The summed E-state index contributed by atoms with van der Waals surface area (Å²) in [6, 6.07) is 17.0. The lowest BCUT2D eigenvalue weighted by Gasteiger charge is -2.14. The Bertz CT molecular complexity index is 1010. The van der Waals surface area contributed by atoms with Crippen LogP contribution in [0.25, 0.3) is 10.4 Å². The second-order valence-electron chi connectivity index (χ2n) is 5.74. The Morgan fingerprint density at radius 2 is 1.85 bits per heavy atom. The van der Waals surface area contributed by atoms with Gasteiger partial charge in [-0.2, -0.15) is 0 Å². The van der Waals surface area contributed by atoms with Crippen molar-refractivity contribution in [3.05, 3.63) is 70.6 Å². The molecule has 0 saturated carbocycles. The largest absolute Gasteiger partial charge is 0.465 e. The molecule has 1 N–H and O–H groups in total. The molecule has 0 aliphatic carbocycles. The fourth-order valence-electron chi connectivity index (χ4n) is 2.88. The molecule has 26 heavy (non-hydrogen) atoms. The summed E-state index contributed by atoms with van der Waals surface area (Å²) in [7, 11) is 1.32. The van der Waals surface area contributed by atoms with Crippen LogP contribution in [0.4, 0.5) is 5.69 Å². The molecule has 1 aliphatic rings. The van der Waals surface area contributed by atoms with Crippen molar-refractivity contribution in [2.45, 2.75) is 10.6 Å². The standard InChI is InChI=1S/C20H15NO3S2/c1-24-20(23)13-6-2-4-8-15(13)21-19(22)17-10-12-11-25-16-9-5-3-7-14(16)18(12)26-17/h2-10H,11H2,1H3,(H,21,22). The van der Waals surface area contributed by atoms with Crippen LogP contribution in [0.3, 0.4) is 0 Å². The van der Waals surface area contributed by atoms with Crippen LogP contribution < -0.4 is 5.32 Å². The van der Waals surface area contributed by atoms with Crippen LogP contribution in [-0.2, 0) is 10.5 Å². The predicted octanol–water partition coefficient (Wildman–Crippen LogP) is 5.06. The quantitative estimate of drug-likeness (QED) is 0.644. The minimum Gasteiger partial charge on any atom is -0.465 e. The number of benzene rings is 2. The number of rotatable bonds is 3. The van der Waals surface area contributed by atoms with Gasteiger partial charge in [-0.1, -0.05) is 30.3 Å². The monoisotopic (exact) mass is 381 g/mol. The number of thiophene rings is 1. The number of para-hydroxylation sites is 1. The van der Waals surface area contributed by atoms with Crippen LogP contribution in [-0.4, -0.2) is 19.0 Å². The molecule has 130 valence electrons. The smallest absolute Gasteiger partial charge is 0.339 e. The summed E-state index contributed by atoms with van der Waals surface area (Å²) in [6.45, 7) is 0. The average molecular weight is 381 g/mol. The Kier molecular flexibility index (Phi) is 4.53. The third-order valence-corrected chi connectivity index (χ3v) is 6.46. The first kappa shape index (κ1) is 16.9. The second-order valence-corrected chi connectivity index (χ2v) is 7.81. The number of hydrogen-bond acceptors (Lipinski definition) is 5. The molecular formula is C20H15NO3S2. The summed E-state index contributed by atoms with van der Waals surface area (Å²) >= 11 is 3.27. The van der Waals surface area contributed by atoms with E-state index in [9.17, 15) is 9.59 Å². The topological polar surface area (TPSA) is 55.4 Å². The van der Waals surface area contributed by atoms with Crippen LogP contribution in [0.2, 0.25) is 0 Å². The van der Waals surface area contributed by atoms with E-state index in [4.69, 9.17) is 4.74 Å². The molecule has 2 aromatic carbocycles. The first-order valence-corrected chi connectivity index (χ1v) is 9.81. The zero-order chi connectivity index (χ0) is 18.1. The minimum atomic E-state index is -0.475. The number of esters is 1. The molecule has 4 rings (SSSR count). The van der Waals surface area contributed by atoms with E-state index in [1.807, 2.05) is 18.2 Å². The van der Waals surface area contributed by atoms with Gasteiger partial charge in [0.15, 0.2) is 0 Å². The summed E-state index contributed by atoms with van der Waals surface area (Å²) in [5.74, 6) is 0.162. The van der Waals surface area contributed by atoms with Crippen LogP contribution in [0.1, 0.15) is 25.6 Å². The average Bonchev–Trinajstić information content (AvgIpc) is 3.13. The molecule has 4 nitrogen and oxygen atoms in total. The van der Waals surface area contributed by atoms with Gasteiger partial charge in [-0.25, -0.2) is 4.79 Å². The van der Waals surface area contributed by atoms with Gasteiger partial charge in [-0.3, -0.25) is 4.79 Å². The number of anilines is 1. The first-order chi connectivity index (χ1) is 12.7. The molecule has 0 radical (unpaired) electrons. The Balaban J connectivity index is 1.64. The van der Waals surface area contributed by atoms with E-state index in [2.05, 4.69) is 17.4 Å². The highest BCUT2D eigenvalue weighted by atomic mass is 32.2. The van der Waals surface area contributed by atoms with Gasteiger partial charge in [0, 0.05) is 21.1 Å². The molecule has 0 spiro atoms. The predicted molar refractivity (Wildman–Crippen MR) is 105 cm³/mol. The van der Waals surface area contributed by atoms with Crippen molar-refractivity contribution in [1.82, 2.24) is 0 Å². The van der Waals surface area contributed by atoms with Gasteiger partial charge in [0.2, 0.25) is 0 Å². The van der Waals surface area contributed by atoms with Gasteiger partial charge in [0.05, 0.1) is 23.2 Å². The summed E-state index contributed by atoms with van der Waals surface area (Å²) in [4.78, 5) is 27.6. The van der Waals surface area contributed by atoms with Crippen molar-refractivity contribution in [3.63, 3.8) is 0 Å². The lowest BCUT2D eigenvalue weighted by atomic mass is 10.1. The maximum absolute atomic E-state index is 12.7. The van der Waals surface area contributed by atoms with E-state index in [1.54, 1.807) is 36.0 Å². The second kappa shape index (κ2) is 6.97. The molecule has 0 saturated heterocycles. The van der Waals surface area contributed by atoms with Gasteiger partial charge < -0.3 is 10.1 Å². The van der Waals surface area contributed by atoms with Crippen molar-refractivity contribution < 1.29 is 14.3 Å².